The Morgan fingerprint density at radius 1 is 1.40 bits per heavy atom. The molecule has 4 heteroatoms. The molecule has 0 aromatic carbocycles. The van der Waals surface area contributed by atoms with Gasteiger partial charge in [0.15, 0.2) is 0 Å². The van der Waals surface area contributed by atoms with Crippen LogP contribution in [0.4, 0.5) is 0 Å². The van der Waals surface area contributed by atoms with Gasteiger partial charge in [-0.1, -0.05) is 0 Å². The number of rotatable bonds is 0. The fourth-order valence-electron chi connectivity index (χ4n) is 0. The third-order valence-corrected chi connectivity index (χ3v) is 0. The molecule has 0 aromatic heterocycles. The van der Waals surface area contributed by atoms with Crippen molar-refractivity contribution in [1.82, 2.24) is 0 Å². The second-order valence-electron chi connectivity index (χ2n) is 0.481. The fourth-order valence-corrected chi connectivity index (χ4v) is 0. The monoisotopic (exact) mass is 243 g/mol. The van der Waals surface area contributed by atoms with Gasteiger partial charge < -0.3 is 16.9 Å². The summed E-state index contributed by atoms with van der Waals surface area (Å²) in [7, 11) is -1.42. The van der Waals surface area contributed by atoms with Crippen LogP contribution in [0, 0.1) is 6.82 Å². The Hall–Kier alpha value is 0.673. The average molecular weight is 243 g/mol. The van der Waals surface area contributed by atoms with Gasteiger partial charge in [0.2, 0.25) is 0 Å². The van der Waals surface area contributed by atoms with E-state index < -0.39 is 7.12 Å². The molecule has 0 atom stereocenters. The molecule has 5 heavy (non-hydrogen) atoms. The number of hydrogen-bond donors (Lipinski definition) is 2. The van der Waals surface area contributed by atoms with Crippen LogP contribution in [-0.4, -0.2) is 17.2 Å². The van der Waals surface area contributed by atoms with E-state index in [1.54, 1.807) is 0 Å². The molecule has 0 aromatic rings. The van der Waals surface area contributed by atoms with Crippen LogP contribution in [-0.2, 0) is 21.1 Å². The molecule has 0 spiro atoms. The second kappa shape index (κ2) is 4.67. The molecule has 2 nitrogen and oxygen atoms in total. The van der Waals surface area contributed by atoms with E-state index in [0.717, 1.165) is 0 Å². The van der Waals surface area contributed by atoms with Crippen molar-refractivity contribution in [2.75, 3.05) is 0 Å². The van der Waals surface area contributed by atoms with E-state index in [4.69, 9.17) is 10.0 Å². The van der Waals surface area contributed by atoms with Crippen molar-refractivity contribution in [3.8, 4) is 0 Å². The maximum Gasteiger partial charge on any atom is 0.264 e. The Bertz CT molecular complexity index is 14.4. The summed E-state index contributed by atoms with van der Waals surface area (Å²) in [6, 6.07) is 0. The molecule has 0 heterocycles. The van der Waals surface area contributed by atoms with Crippen molar-refractivity contribution in [2.24, 2.45) is 0 Å². The molecule has 0 unspecified atom stereocenters. The van der Waals surface area contributed by atoms with Crippen molar-refractivity contribution in [1.29, 1.82) is 0 Å². The molecule has 0 radical (unpaired) electrons. The van der Waals surface area contributed by atoms with Gasteiger partial charge in [-0.3, -0.25) is 0 Å². The zero-order chi connectivity index (χ0) is 3.58. The van der Waals surface area contributed by atoms with Crippen LogP contribution < -0.4 is 0 Å². The van der Waals surface area contributed by atoms with Crippen LogP contribution >= 0.6 is 0 Å². The van der Waals surface area contributed by atoms with Crippen LogP contribution in [0.15, 0.2) is 0 Å². The van der Waals surface area contributed by atoms with E-state index in [1.165, 1.54) is 0 Å². The predicted molar refractivity (Wildman–Crippen MR) is 15.5 cm³/mol. The largest absolute Gasteiger partial charge is 0.452 e. The van der Waals surface area contributed by atoms with Gasteiger partial charge in [-0.15, -0.1) is 0 Å². The van der Waals surface area contributed by atoms with E-state index in [0.29, 0.717) is 0 Å². The van der Waals surface area contributed by atoms with Crippen LogP contribution in [0.25, 0.3) is 0 Å². The molecule has 0 aliphatic heterocycles. The topological polar surface area (TPSA) is 40.5 Å². The van der Waals surface area contributed by atoms with Gasteiger partial charge in [-0.05, 0) is 0 Å². The van der Waals surface area contributed by atoms with Crippen molar-refractivity contribution in [2.45, 2.75) is 0 Å². The first-order valence-corrected chi connectivity index (χ1v) is 0.925. The maximum atomic E-state index is 7.50. The Balaban J connectivity index is 0. The smallest absolute Gasteiger partial charge is 0.264 e. The Kier molecular flexibility index (Phi) is 8.58. The molecule has 0 aliphatic carbocycles. The summed E-state index contributed by atoms with van der Waals surface area (Å²) in [6.45, 7) is 2.75. The van der Waals surface area contributed by atoms with Crippen molar-refractivity contribution >= 4 is 7.12 Å². The predicted octanol–water partition coefficient (Wildman–Crippen LogP) is -1.17. The van der Waals surface area contributed by atoms with E-state index in [9.17, 15) is 0 Å². The van der Waals surface area contributed by atoms with Crippen LogP contribution in [0.5, 0.6) is 0 Å². The molecule has 2 N–H and O–H groups in total. The van der Waals surface area contributed by atoms with E-state index in [1.807, 2.05) is 0 Å². The normalized spacial score (nSPS) is 5.40. The van der Waals surface area contributed by atoms with E-state index in [2.05, 4.69) is 6.82 Å². The van der Waals surface area contributed by atoms with E-state index >= 15 is 0 Å². The third-order valence-electron chi connectivity index (χ3n) is 0. The summed E-state index contributed by atoms with van der Waals surface area (Å²) >= 11 is 0. The first kappa shape index (κ1) is 9.18. The molecule has 0 saturated heterocycles. The first-order valence-electron chi connectivity index (χ1n) is 0.925. The Morgan fingerprint density at radius 2 is 1.40 bits per heavy atom. The van der Waals surface area contributed by atoms with Crippen LogP contribution in [0.1, 0.15) is 0 Å². The zero-order valence-electron chi connectivity index (χ0n) is 2.59. The molecule has 0 rings (SSSR count). The van der Waals surface area contributed by atoms with Crippen molar-refractivity contribution in [3.05, 3.63) is 6.82 Å². The first-order chi connectivity index (χ1) is 1.73. The summed E-state index contributed by atoms with van der Waals surface area (Å²) < 4.78 is 0. The summed E-state index contributed by atoms with van der Waals surface area (Å²) in [4.78, 5) is 0. The minimum Gasteiger partial charge on any atom is -0.452 e. The van der Waals surface area contributed by atoms with Gasteiger partial charge in [-0.2, -0.15) is 0 Å². The summed E-state index contributed by atoms with van der Waals surface area (Å²) in [6.07, 6.45) is 0. The summed E-state index contributed by atoms with van der Waals surface area (Å²) in [5.41, 5.74) is 0. The quantitative estimate of drug-likeness (QED) is 0.415. The van der Waals surface area contributed by atoms with Gasteiger partial charge >= 0.3 is 0 Å². The molecule has 0 aliphatic rings. The van der Waals surface area contributed by atoms with Gasteiger partial charge in [-0.25, -0.2) is 0 Å². The van der Waals surface area contributed by atoms with Gasteiger partial charge in [0, 0.05) is 21.1 Å². The molecule has 30 valence electrons. The average Bonchev–Trinajstić information content (AvgIpc) is 0.811. The molecule has 0 saturated carbocycles. The Morgan fingerprint density at radius 3 is 1.40 bits per heavy atom. The zero-order valence-corrected chi connectivity index (χ0v) is 5.52. The van der Waals surface area contributed by atoms with Gasteiger partial charge in [0.1, 0.15) is 0 Å². The summed E-state index contributed by atoms with van der Waals surface area (Å²) in [5, 5.41) is 15.0. The third kappa shape index (κ3) is 73.7. The molecule has 0 bridgehead atoms. The minimum atomic E-state index is -1.42. The number of hydrogen-bond acceptors (Lipinski definition) is 2. The fraction of sp³-hybridized carbons (Fsp3) is 0. The molecular weight excluding hydrogens is 239 g/mol. The van der Waals surface area contributed by atoms with Crippen LogP contribution in [0.2, 0.25) is 0 Å². The molecule has 0 fully saturated rings. The van der Waals surface area contributed by atoms with Gasteiger partial charge in [0.25, 0.3) is 7.12 Å². The SMILES string of the molecule is [CH2-]B(O)O.[W]. The maximum absolute atomic E-state index is 7.50. The Labute approximate surface area is 45.6 Å². The standard InChI is InChI=1S/CH4BO2.W/c1-2(3)4;/h3-4H,1H2;/q-1;. The van der Waals surface area contributed by atoms with Gasteiger partial charge in [0.05, 0.1) is 0 Å². The van der Waals surface area contributed by atoms with E-state index in [-0.39, 0.29) is 21.1 Å². The minimum absolute atomic E-state index is 0. The van der Waals surface area contributed by atoms with Crippen LogP contribution in [0.3, 0.4) is 0 Å². The van der Waals surface area contributed by atoms with Crippen molar-refractivity contribution in [3.63, 3.8) is 0 Å². The molecular formula is CH4BO2W-. The van der Waals surface area contributed by atoms with Crippen molar-refractivity contribution < 1.29 is 31.1 Å². The molecule has 0 amide bonds. The summed E-state index contributed by atoms with van der Waals surface area (Å²) in [5.74, 6) is 0. The second-order valence-corrected chi connectivity index (χ2v) is 0.481.